The van der Waals surface area contributed by atoms with E-state index in [2.05, 4.69) is 21.7 Å². The Bertz CT molecular complexity index is 1280. The van der Waals surface area contributed by atoms with E-state index in [1.807, 2.05) is 19.1 Å². The van der Waals surface area contributed by atoms with Gasteiger partial charge >= 0.3 is 12.3 Å². The van der Waals surface area contributed by atoms with Crippen LogP contribution in [-0.4, -0.2) is 40.4 Å². The summed E-state index contributed by atoms with van der Waals surface area (Å²) in [5.41, 5.74) is 3.56. The van der Waals surface area contributed by atoms with Gasteiger partial charge in [-0.1, -0.05) is 23.7 Å². The van der Waals surface area contributed by atoms with E-state index < -0.39 is 18.4 Å². The Balaban J connectivity index is 1.93. The highest BCUT2D eigenvalue weighted by Crippen LogP contribution is 2.35. The summed E-state index contributed by atoms with van der Waals surface area (Å²) in [6.07, 6.45) is -1.87. The molecule has 11 heteroatoms. The minimum Gasteiger partial charge on any atom is -0.479 e. The van der Waals surface area contributed by atoms with Crippen molar-refractivity contribution in [1.29, 1.82) is 0 Å². The number of ether oxygens (including phenoxy) is 2. The molecule has 3 rings (SSSR count). The summed E-state index contributed by atoms with van der Waals surface area (Å²) in [7, 11) is 1.79. The highest BCUT2D eigenvalue weighted by Gasteiger charge is 2.31. The van der Waals surface area contributed by atoms with Crippen LogP contribution in [0.25, 0.3) is 5.69 Å². The Morgan fingerprint density at radius 3 is 2.65 bits per heavy atom. The molecule has 2 atom stereocenters. The lowest BCUT2D eigenvalue weighted by molar-refractivity contribution is -0.274. The van der Waals surface area contributed by atoms with Crippen molar-refractivity contribution in [3.8, 4) is 17.2 Å². The number of carboxylic acid groups (broad SMARTS) is 1. The van der Waals surface area contributed by atoms with Crippen LogP contribution in [0.5, 0.6) is 11.5 Å². The molecule has 2 N–H and O–H groups in total. The van der Waals surface area contributed by atoms with Gasteiger partial charge in [0.15, 0.2) is 6.10 Å². The average molecular weight is 538 g/mol. The normalized spacial score (nSPS) is 13.2. The van der Waals surface area contributed by atoms with E-state index in [4.69, 9.17) is 21.4 Å². The Kier molecular flexibility index (Phi) is 8.88. The summed E-state index contributed by atoms with van der Waals surface area (Å²) in [5.74, 6) is -1.15. The molecule has 3 aromatic rings. The van der Waals surface area contributed by atoms with Crippen LogP contribution in [-0.2, 0) is 17.6 Å². The van der Waals surface area contributed by atoms with Crippen molar-refractivity contribution >= 4 is 17.6 Å². The first-order valence-electron chi connectivity index (χ1n) is 11.3. The molecule has 0 amide bonds. The first-order chi connectivity index (χ1) is 17.4. The molecule has 2 aromatic carbocycles. The average Bonchev–Trinajstić information content (AvgIpc) is 3.28. The summed E-state index contributed by atoms with van der Waals surface area (Å²) in [4.78, 5) is 11.1. The molecule has 0 radical (unpaired) electrons. The summed E-state index contributed by atoms with van der Waals surface area (Å²) >= 11 is 6.51. The Labute approximate surface area is 217 Å². The largest absolute Gasteiger partial charge is 0.573 e. The smallest absolute Gasteiger partial charge is 0.479 e. The number of nitrogens with one attached hydrogen (secondary N) is 1. The topological polar surface area (TPSA) is 85.6 Å². The van der Waals surface area contributed by atoms with Crippen LogP contribution in [0, 0.1) is 6.92 Å². The van der Waals surface area contributed by atoms with E-state index in [0.717, 1.165) is 16.8 Å². The van der Waals surface area contributed by atoms with Crippen LogP contribution in [0.15, 0.2) is 55.3 Å². The summed E-state index contributed by atoms with van der Waals surface area (Å²) in [6, 6.07) is 9.17. The standard InChI is InChI=1S/C26H27ClF3N3O4/c1-5-6-17-13-19(37-26(28,29)30)7-9-22(17)33-18(11-12-32-33)14-21(31-4)20-8-10-23(24(27)15(20)2)36-16(3)25(34)35/h5,7-13,16,21,31H,1,6,14H2,2-4H3,(H,34,35). The molecule has 37 heavy (non-hydrogen) atoms. The van der Waals surface area contributed by atoms with Crippen molar-refractivity contribution in [2.24, 2.45) is 0 Å². The molecule has 0 bridgehead atoms. The molecular formula is C26H27ClF3N3O4. The van der Waals surface area contributed by atoms with Crippen molar-refractivity contribution in [2.75, 3.05) is 7.05 Å². The number of hydrogen-bond donors (Lipinski definition) is 2. The fourth-order valence-corrected chi connectivity index (χ4v) is 4.16. The number of aromatic nitrogens is 2. The van der Waals surface area contributed by atoms with Crippen LogP contribution in [0.3, 0.4) is 0 Å². The molecule has 0 spiro atoms. The number of hydrogen-bond acceptors (Lipinski definition) is 5. The Morgan fingerprint density at radius 1 is 1.30 bits per heavy atom. The van der Waals surface area contributed by atoms with Crippen LogP contribution < -0.4 is 14.8 Å². The predicted molar refractivity (Wildman–Crippen MR) is 134 cm³/mol. The summed E-state index contributed by atoms with van der Waals surface area (Å²) in [6.45, 7) is 6.94. The third kappa shape index (κ3) is 6.84. The summed E-state index contributed by atoms with van der Waals surface area (Å²) in [5, 5.41) is 17.1. The van der Waals surface area contributed by atoms with Gasteiger partial charge in [-0.15, -0.1) is 19.8 Å². The fraction of sp³-hybridized carbons (Fsp3) is 0.308. The first kappa shape index (κ1) is 28.1. The molecule has 0 saturated carbocycles. The van der Waals surface area contributed by atoms with Crippen molar-refractivity contribution in [1.82, 2.24) is 15.1 Å². The zero-order chi connectivity index (χ0) is 27.3. The van der Waals surface area contributed by atoms with E-state index in [-0.39, 0.29) is 17.5 Å². The second kappa shape index (κ2) is 11.7. The number of likely N-dealkylation sites (N-methyl/N-ethyl adjacent to an activating group) is 1. The van der Waals surface area contributed by atoms with Gasteiger partial charge in [0.2, 0.25) is 0 Å². The lowest BCUT2D eigenvalue weighted by atomic mass is 9.97. The molecule has 0 aliphatic heterocycles. The number of aliphatic carboxylic acids is 1. The molecule has 0 fully saturated rings. The number of benzene rings is 2. The molecule has 0 aliphatic rings. The molecular weight excluding hydrogens is 511 g/mol. The number of rotatable bonds is 11. The quantitative estimate of drug-likeness (QED) is 0.300. The van der Waals surface area contributed by atoms with E-state index in [9.17, 15) is 18.0 Å². The van der Waals surface area contributed by atoms with Crippen LogP contribution in [0.1, 0.15) is 35.3 Å². The van der Waals surface area contributed by atoms with Gasteiger partial charge in [0, 0.05) is 24.4 Å². The maximum Gasteiger partial charge on any atom is 0.573 e. The van der Waals surface area contributed by atoms with E-state index in [0.29, 0.717) is 29.1 Å². The third-order valence-electron chi connectivity index (χ3n) is 5.78. The number of alkyl halides is 3. The highest BCUT2D eigenvalue weighted by molar-refractivity contribution is 6.32. The molecule has 1 aromatic heterocycles. The second-order valence-corrected chi connectivity index (χ2v) is 8.68. The van der Waals surface area contributed by atoms with E-state index in [1.54, 1.807) is 30.1 Å². The lowest BCUT2D eigenvalue weighted by Gasteiger charge is -2.22. The predicted octanol–water partition coefficient (Wildman–Crippen LogP) is 5.82. The minimum atomic E-state index is -4.80. The number of nitrogens with zero attached hydrogens (tertiary/aromatic N) is 2. The van der Waals surface area contributed by atoms with E-state index >= 15 is 0 Å². The van der Waals surface area contributed by atoms with Gasteiger partial charge in [0.05, 0.1) is 10.7 Å². The van der Waals surface area contributed by atoms with Crippen LogP contribution >= 0.6 is 11.6 Å². The molecule has 0 aliphatic carbocycles. The number of allylic oxidation sites excluding steroid dienone is 1. The van der Waals surface area contributed by atoms with Gasteiger partial charge in [-0.2, -0.15) is 5.10 Å². The fourth-order valence-electron chi connectivity index (χ4n) is 3.95. The molecule has 0 saturated heterocycles. The third-order valence-corrected chi connectivity index (χ3v) is 6.25. The monoisotopic (exact) mass is 537 g/mol. The van der Waals surface area contributed by atoms with Crippen LogP contribution in [0.2, 0.25) is 5.02 Å². The van der Waals surface area contributed by atoms with Gasteiger partial charge in [-0.05, 0) is 74.3 Å². The first-order valence-corrected chi connectivity index (χ1v) is 11.7. The molecule has 7 nitrogen and oxygen atoms in total. The zero-order valence-electron chi connectivity index (χ0n) is 20.5. The van der Waals surface area contributed by atoms with Gasteiger partial charge < -0.3 is 19.9 Å². The maximum absolute atomic E-state index is 12.7. The van der Waals surface area contributed by atoms with E-state index in [1.165, 1.54) is 25.1 Å². The van der Waals surface area contributed by atoms with Crippen molar-refractivity contribution < 1.29 is 32.5 Å². The number of carbonyl (C=O) groups is 1. The van der Waals surface area contributed by atoms with Gasteiger partial charge in [-0.25, -0.2) is 9.48 Å². The summed E-state index contributed by atoms with van der Waals surface area (Å²) < 4.78 is 49.3. The SMILES string of the molecule is C=CCc1cc(OC(F)(F)F)ccc1-n1nccc1CC(NC)c1ccc(OC(C)C(=O)O)c(Cl)c1C. The number of carboxylic acids is 1. The zero-order valence-corrected chi connectivity index (χ0v) is 21.2. The van der Waals surface area contributed by atoms with Gasteiger partial charge in [0.25, 0.3) is 0 Å². The molecule has 1 heterocycles. The Hall–Kier alpha value is -3.50. The van der Waals surface area contributed by atoms with Crippen molar-refractivity contribution in [2.45, 2.75) is 45.2 Å². The Morgan fingerprint density at radius 2 is 2.03 bits per heavy atom. The molecule has 2 unspecified atom stereocenters. The second-order valence-electron chi connectivity index (χ2n) is 8.30. The van der Waals surface area contributed by atoms with Crippen molar-refractivity contribution in [3.05, 3.63) is 82.7 Å². The van der Waals surface area contributed by atoms with Gasteiger partial charge in [-0.3, -0.25) is 0 Å². The maximum atomic E-state index is 12.7. The highest BCUT2D eigenvalue weighted by atomic mass is 35.5. The number of halogens is 4. The van der Waals surface area contributed by atoms with Crippen LogP contribution in [0.4, 0.5) is 13.2 Å². The van der Waals surface area contributed by atoms with Crippen molar-refractivity contribution in [3.63, 3.8) is 0 Å². The lowest BCUT2D eigenvalue weighted by Crippen LogP contribution is -2.24. The molecule has 198 valence electrons. The van der Waals surface area contributed by atoms with Gasteiger partial charge in [0.1, 0.15) is 11.5 Å². The minimum absolute atomic E-state index is 0.213.